The summed E-state index contributed by atoms with van der Waals surface area (Å²) >= 11 is 0. The number of hydrogen-bond donors (Lipinski definition) is 1. The van der Waals surface area contributed by atoms with Crippen LogP contribution in [0.15, 0.2) is 65.8 Å². The van der Waals surface area contributed by atoms with E-state index in [1.54, 1.807) is 47.0 Å². The number of aryl methyl sites for hydroxylation is 1. The van der Waals surface area contributed by atoms with Gasteiger partial charge in [-0.1, -0.05) is 18.2 Å². The Kier molecular flexibility index (Phi) is 4.32. The van der Waals surface area contributed by atoms with Crippen LogP contribution in [0.2, 0.25) is 0 Å². The Hall–Kier alpha value is -3.59. The maximum Gasteiger partial charge on any atom is 0.261 e. The zero-order valence-electron chi connectivity index (χ0n) is 15.8. The minimum atomic E-state index is -3.84. The van der Waals surface area contributed by atoms with Gasteiger partial charge in [0.05, 0.1) is 10.6 Å². The largest absolute Gasteiger partial charge is 0.294 e. The number of benzene rings is 2. The fourth-order valence-corrected chi connectivity index (χ4v) is 4.69. The number of Topliss-reactive ketones (excluding diaryl/α,β-unsaturated/α-hetero) is 1. The third-order valence-electron chi connectivity index (χ3n) is 5.11. The van der Waals surface area contributed by atoms with Crippen molar-refractivity contribution >= 4 is 27.1 Å². The van der Waals surface area contributed by atoms with Gasteiger partial charge in [-0.15, -0.1) is 10.2 Å². The molecule has 0 atom stereocenters. The predicted octanol–water partition coefficient (Wildman–Crippen LogP) is 3.11. The molecule has 1 aliphatic carbocycles. The van der Waals surface area contributed by atoms with Crippen LogP contribution in [-0.4, -0.2) is 34.0 Å². The van der Waals surface area contributed by atoms with Crippen LogP contribution in [0.4, 0.5) is 5.69 Å². The fourth-order valence-electron chi connectivity index (χ4n) is 3.61. The molecule has 2 heterocycles. The minimum absolute atomic E-state index is 0.00856. The van der Waals surface area contributed by atoms with Crippen molar-refractivity contribution in [2.45, 2.75) is 24.2 Å². The van der Waals surface area contributed by atoms with E-state index < -0.39 is 10.0 Å². The zero-order chi connectivity index (χ0) is 20.7. The number of fused-ring (bicyclic) bond motifs is 2. The lowest BCUT2D eigenvalue weighted by Gasteiger charge is -2.16. The first-order chi connectivity index (χ1) is 14.5. The lowest BCUT2D eigenvalue weighted by atomic mass is 9.91. The molecule has 8 nitrogen and oxygen atoms in total. The molecular formula is C21H17N5O3S. The molecule has 5 rings (SSSR count). The van der Waals surface area contributed by atoms with Crippen molar-refractivity contribution in [3.8, 4) is 11.3 Å². The van der Waals surface area contributed by atoms with Gasteiger partial charge in [-0.3, -0.25) is 9.52 Å². The molecule has 0 saturated heterocycles. The molecule has 2 aromatic heterocycles. The lowest BCUT2D eigenvalue weighted by Crippen LogP contribution is -2.16. The number of aromatic nitrogens is 4. The summed E-state index contributed by atoms with van der Waals surface area (Å²) in [5, 5.41) is 12.2. The Morgan fingerprint density at radius 1 is 1.00 bits per heavy atom. The number of rotatable bonds is 4. The number of carbonyl (C=O) groups is 1. The van der Waals surface area contributed by atoms with Crippen molar-refractivity contribution < 1.29 is 13.2 Å². The first-order valence-corrected chi connectivity index (χ1v) is 10.9. The van der Waals surface area contributed by atoms with Gasteiger partial charge in [-0.05, 0) is 54.8 Å². The van der Waals surface area contributed by atoms with Gasteiger partial charge >= 0.3 is 0 Å². The first kappa shape index (κ1) is 18.4. The van der Waals surface area contributed by atoms with E-state index in [-0.39, 0.29) is 10.7 Å². The van der Waals surface area contributed by atoms with E-state index >= 15 is 0 Å². The Balaban J connectivity index is 1.46. The van der Waals surface area contributed by atoms with E-state index in [1.807, 2.05) is 6.07 Å². The van der Waals surface area contributed by atoms with Crippen LogP contribution in [0.25, 0.3) is 16.9 Å². The van der Waals surface area contributed by atoms with E-state index in [1.165, 1.54) is 12.4 Å². The predicted molar refractivity (Wildman–Crippen MR) is 111 cm³/mol. The average molecular weight is 419 g/mol. The average Bonchev–Trinajstić information content (AvgIpc) is 3.21. The quantitative estimate of drug-likeness (QED) is 0.545. The van der Waals surface area contributed by atoms with E-state index in [0.29, 0.717) is 29.0 Å². The molecule has 0 aliphatic heterocycles. The molecule has 0 unspecified atom stereocenters. The molecule has 150 valence electrons. The van der Waals surface area contributed by atoms with Crippen LogP contribution < -0.4 is 4.72 Å². The number of sulfonamides is 1. The summed E-state index contributed by atoms with van der Waals surface area (Å²) in [6.07, 6.45) is 3.55. The molecule has 1 aliphatic rings. The number of hydrogen-bond acceptors (Lipinski definition) is 6. The zero-order valence-corrected chi connectivity index (χ0v) is 16.6. The van der Waals surface area contributed by atoms with E-state index in [9.17, 15) is 13.2 Å². The fraction of sp³-hybridized carbons (Fsp3) is 0.143. The summed E-state index contributed by atoms with van der Waals surface area (Å²) in [7, 11) is -3.84. The molecule has 0 spiro atoms. The van der Waals surface area contributed by atoms with Crippen LogP contribution in [0.1, 0.15) is 28.8 Å². The highest BCUT2D eigenvalue weighted by Crippen LogP contribution is 2.27. The summed E-state index contributed by atoms with van der Waals surface area (Å²) in [5.74, 6) is -0.00856. The molecule has 0 radical (unpaired) electrons. The third kappa shape index (κ3) is 3.33. The molecule has 4 aromatic rings. The molecule has 30 heavy (non-hydrogen) atoms. The number of nitrogens with zero attached hydrogens (tertiary/aromatic N) is 4. The van der Waals surface area contributed by atoms with Gasteiger partial charge in [0.1, 0.15) is 6.33 Å². The maximum absolute atomic E-state index is 12.9. The maximum atomic E-state index is 12.9. The number of anilines is 1. The van der Waals surface area contributed by atoms with E-state index in [2.05, 4.69) is 20.0 Å². The highest BCUT2D eigenvalue weighted by Gasteiger charge is 2.22. The van der Waals surface area contributed by atoms with Gasteiger partial charge in [0.15, 0.2) is 11.4 Å². The summed E-state index contributed by atoms with van der Waals surface area (Å²) in [6.45, 7) is 0. The van der Waals surface area contributed by atoms with Crippen molar-refractivity contribution in [3.05, 3.63) is 72.1 Å². The summed E-state index contributed by atoms with van der Waals surface area (Å²) in [4.78, 5) is 12.2. The van der Waals surface area contributed by atoms with Crippen molar-refractivity contribution in [1.82, 2.24) is 19.8 Å². The van der Waals surface area contributed by atoms with Crippen LogP contribution in [-0.2, 0) is 16.4 Å². The van der Waals surface area contributed by atoms with Gasteiger partial charge in [0, 0.05) is 23.2 Å². The highest BCUT2D eigenvalue weighted by molar-refractivity contribution is 7.92. The van der Waals surface area contributed by atoms with Crippen LogP contribution in [0.5, 0.6) is 0 Å². The van der Waals surface area contributed by atoms with Crippen LogP contribution in [0.3, 0.4) is 0 Å². The van der Waals surface area contributed by atoms with Crippen molar-refractivity contribution in [2.24, 2.45) is 0 Å². The van der Waals surface area contributed by atoms with E-state index in [0.717, 1.165) is 24.0 Å². The van der Waals surface area contributed by atoms with Crippen molar-refractivity contribution in [3.63, 3.8) is 0 Å². The number of nitrogens with one attached hydrogen (secondary N) is 1. The molecule has 0 fully saturated rings. The standard InChI is InChI=1S/C21H17N5O3S/c27-20-6-2-3-14-7-8-17(12-18(14)20)30(28,29)25-16-5-1-4-15(11-16)19-9-10-21-23-22-13-26(21)24-19/h1,4-5,7-13,25H,2-3,6H2. The van der Waals surface area contributed by atoms with Gasteiger partial charge in [0.2, 0.25) is 0 Å². The molecule has 9 heteroatoms. The van der Waals surface area contributed by atoms with Gasteiger partial charge < -0.3 is 0 Å². The summed E-state index contributed by atoms with van der Waals surface area (Å²) in [6, 6.07) is 15.3. The highest BCUT2D eigenvalue weighted by atomic mass is 32.2. The molecular weight excluding hydrogens is 402 g/mol. The third-order valence-corrected chi connectivity index (χ3v) is 6.49. The lowest BCUT2D eigenvalue weighted by molar-refractivity contribution is 0.0972. The smallest absolute Gasteiger partial charge is 0.261 e. The Bertz CT molecular complexity index is 1390. The van der Waals surface area contributed by atoms with Crippen molar-refractivity contribution in [2.75, 3.05) is 4.72 Å². The summed E-state index contributed by atoms with van der Waals surface area (Å²) in [5.41, 5.74) is 3.83. The molecule has 0 amide bonds. The van der Waals surface area contributed by atoms with Crippen molar-refractivity contribution in [1.29, 1.82) is 0 Å². The van der Waals surface area contributed by atoms with Crippen LogP contribution >= 0.6 is 0 Å². The Morgan fingerprint density at radius 3 is 2.80 bits per heavy atom. The first-order valence-electron chi connectivity index (χ1n) is 9.46. The van der Waals surface area contributed by atoms with Crippen LogP contribution in [0, 0.1) is 0 Å². The SMILES string of the molecule is O=C1CCCc2ccc(S(=O)(=O)Nc3cccc(-c4ccc5nncn5n4)c3)cc21. The summed E-state index contributed by atoms with van der Waals surface area (Å²) < 4.78 is 30.0. The second kappa shape index (κ2) is 7.03. The molecule has 0 bridgehead atoms. The molecule has 0 saturated carbocycles. The van der Waals surface area contributed by atoms with Gasteiger partial charge in [0.25, 0.3) is 10.0 Å². The van der Waals surface area contributed by atoms with E-state index in [4.69, 9.17) is 0 Å². The minimum Gasteiger partial charge on any atom is -0.294 e. The monoisotopic (exact) mass is 419 g/mol. The number of carbonyl (C=O) groups excluding carboxylic acids is 1. The topological polar surface area (TPSA) is 106 Å². The Labute approximate surface area is 172 Å². The van der Waals surface area contributed by atoms with Gasteiger partial charge in [-0.25, -0.2) is 8.42 Å². The Morgan fingerprint density at radius 2 is 1.90 bits per heavy atom. The normalized spacial score (nSPS) is 13.9. The second-order valence-electron chi connectivity index (χ2n) is 7.13. The second-order valence-corrected chi connectivity index (χ2v) is 8.82. The molecule has 2 aromatic carbocycles. The molecule has 1 N–H and O–H groups in total. The number of ketones is 1. The van der Waals surface area contributed by atoms with Gasteiger partial charge in [-0.2, -0.15) is 9.61 Å².